The molecule has 0 radical (unpaired) electrons. The second kappa shape index (κ2) is 8.96. The average molecular weight is 407 g/mol. The van der Waals surface area contributed by atoms with E-state index in [1.807, 2.05) is 13.8 Å². The van der Waals surface area contributed by atoms with Crippen LogP contribution >= 0.6 is 11.8 Å². The zero-order valence-electron chi connectivity index (χ0n) is 15.8. The van der Waals surface area contributed by atoms with Gasteiger partial charge < -0.3 is 23.9 Å². The summed E-state index contributed by atoms with van der Waals surface area (Å²) in [6, 6.07) is 4.62. The number of thioether (sulfide) groups is 1. The van der Waals surface area contributed by atoms with Crippen molar-refractivity contribution < 1.29 is 28.2 Å². The van der Waals surface area contributed by atoms with Crippen molar-refractivity contribution in [1.82, 2.24) is 15.5 Å². The van der Waals surface area contributed by atoms with Gasteiger partial charge in [-0.1, -0.05) is 32.0 Å². The number of rotatable bonds is 8. The molecule has 2 heterocycles. The second-order valence-electron chi connectivity index (χ2n) is 6.18. The van der Waals surface area contributed by atoms with Crippen LogP contribution in [-0.4, -0.2) is 47.8 Å². The molecule has 150 valence electrons. The van der Waals surface area contributed by atoms with E-state index in [-0.39, 0.29) is 29.6 Å². The Bertz CT molecular complexity index is 856. The van der Waals surface area contributed by atoms with Gasteiger partial charge in [0.25, 0.3) is 5.22 Å². The standard InChI is InChI=1S/C18H21N3O6S/c1-4-10(2)15(17(23)24-3)19-14(22)8-28-18-21-20-16(27-18)11-5-6-12-13(7-11)26-9-25-12/h5-7,10,15H,4,8-9H2,1-3H3,(H,19,22)/t10-,15-/m0/s1. The van der Waals surface area contributed by atoms with Gasteiger partial charge in [-0.25, -0.2) is 4.79 Å². The Kier molecular flexibility index (Phi) is 6.40. The Morgan fingerprint density at radius 3 is 2.82 bits per heavy atom. The van der Waals surface area contributed by atoms with Gasteiger partial charge in [-0.15, -0.1) is 10.2 Å². The highest BCUT2D eigenvalue weighted by atomic mass is 32.2. The molecule has 28 heavy (non-hydrogen) atoms. The first-order valence-electron chi connectivity index (χ1n) is 8.75. The number of fused-ring (bicyclic) bond motifs is 1. The number of aromatic nitrogens is 2. The molecule has 0 bridgehead atoms. The van der Waals surface area contributed by atoms with Gasteiger partial charge in [-0.3, -0.25) is 4.79 Å². The van der Waals surface area contributed by atoms with Gasteiger partial charge in [0.1, 0.15) is 6.04 Å². The third-order valence-electron chi connectivity index (χ3n) is 4.34. The summed E-state index contributed by atoms with van der Waals surface area (Å²) in [5.41, 5.74) is 0.690. The van der Waals surface area contributed by atoms with Crippen LogP contribution in [0.5, 0.6) is 11.5 Å². The molecule has 1 N–H and O–H groups in total. The first-order valence-corrected chi connectivity index (χ1v) is 9.74. The van der Waals surface area contributed by atoms with E-state index in [9.17, 15) is 9.59 Å². The van der Waals surface area contributed by atoms with Gasteiger partial charge in [-0.05, 0) is 24.1 Å². The maximum absolute atomic E-state index is 12.2. The zero-order valence-corrected chi connectivity index (χ0v) is 16.6. The number of nitrogens with one attached hydrogen (secondary N) is 1. The van der Waals surface area contributed by atoms with E-state index in [1.165, 1.54) is 7.11 Å². The number of hydrogen-bond donors (Lipinski definition) is 1. The molecule has 1 aromatic heterocycles. The quantitative estimate of drug-likeness (QED) is 0.520. The molecule has 10 heteroatoms. The fraction of sp³-hybridized carbons (Fsp3) is 0.444. The summed E-state index contributed by atoms with van der Waals surface area (Å²) >= 11 is 1.09. The minimum atomic E-state index is -0.685. The van der Waals surface area contributed by atoms with Gasteiger partial charge in [0.15, 0.2) is 11.5 Å². The van der Waals surface area contributed by atoms with E-state index in [1.54, 1.807) is 18.2 Å². The van der Waals surface area contributed by atoms with Crippen LogP contribution in [0.1, 0.15) is 20.3 Å². The lowest BCUT2D eigenvalue weighted by Crippen LogP contribution is -2.46. The maximum Gasteiger partial charge on any atom is 0.328 e. The summed E-state index contributed by atoms with van der Waals surface area (Å²) < 4.78 is 21.0. The fourth-order valence-electron chi connectivity index (χ4n) is 2.55. The Labute approximate surface area is 166 Å². The fourth-order valence-corrected chi connectivity index (χ4v) is 3.13. The highest BCUT2D eigenvalue weighted by Crippen LogP contribution is 2.35. The van der Waals surface area contributed by atoms with Crippen molar-refractivity contribution in [2.75, 3.05) is 19.7 Å². The molecule has 0 spiro atoms. The minimum Gasteiger partial charge on any atom is -0.467 e. The predicted octanol–water partition coefficient (Wildman–Crippen LogP) is 2.26. The van der Waals surface area contributed by atoms with Crippen LogP contribution in [0.4, 0.5) is 0 Å². The van der Waals surface area contributed by atoms with Crippen molar-refractivity contribution in [3.63, 3.8) is 0 Å². The van der Waals surface area contributed by atoms with E-state index < -0.39 is 12.0 Å². The predicted molar refractivity (Wildman–Crippen MR) is 100.0 cm³/mol. The number of hydrogen-bond acceptors (Lipinski definition) is 9. The van der Waals surface area contributed by atoms with Crippen LogP contribution in [0.2, 0.25) is 0 Å². The number of methoxy groups -OCH3 is 1. The first-order chi connectivity index (χ1) is 13.5. The Morgan fingerprint density at radius 2 is 2.07 bits per heavy atom. The van der Waals surface area contributed by atoms with E-state index in [0.717, 1.165) is 18.2 Å². The van der Waals surface area contributed by atoms with Crippen molar-refractivity contribution in [3.05, 3.63) is 18.2 Å². The molecule has 0 unspecified atom stereocenters. The van der Waals surface area contributed by atoms with Crippen molar-refractivity contribution in [2.45, 2.75) is 31.5 Å². The minimum absolute atomic E-state index is 0.0344. The molecule has 1 aromatic carbocycles. The molecular formula is C18H21N3O6S. The topological polar surface area (TPSA) is 113 Å². The molecule has 9 nitrogen and oxygen atoms in total. The largest absolute Gasteiger partial charge is 0.467 e. The summed E-state index contributed by atoms with van der Waals surface area (Å²) in [6.45, 7) is 4.00. The number of carbonyl (C=O) groups excluding carboxylic acids is 2. The summed E-state index contributed by atoms with van der Waals surface area (Å²) in [5, 5.41) is 10.9. The molecule has 2 atom stereocenters. The summed E-state index contributed by atoms with van der Waals surface area (Å²) in [6.07, 6.45) is 0.732. The normalized spacial score (nSPS) is 14.4. The smallest absolute Gasteiger partial charge is 0.328 e. The lowest BCUT2D eigenvalue weighted by Gasteiger charge is -2.21. The highest BCUT2D eigenvalue weighted by molar-refractivity contribution is 7.99. The molecular weight excluding hydrogens is 386 g/mol. The van der Waals surface area contributed by atoms with Crippen LogP contribution < -0.4 is 14.8 Å². The van der Waals surface area contributed by atoms with E-state index in [4.69, 9.17) is 18.6 Å². The number of carbonyl (C=O) groups is 2. The van der Waals surface area contributed by atoms with Gasteiger partial charge in [0, 0.05) is 5.56 Å². The first kappa shape index (κ1) is 20.0. The molecule has 0 saturated carbocycles. The zero-order chi connectivity index (χ0) is 20.1. The van der Waals surface area contributed by atoms with Crippen LogP contribution in [0, 0.1) is 5.92 Å². The van der Waals surface area contributed by atoms with Crippen molar-refractivity contribution >= 4 is 23.6 Å². The number of benzene rings is 1. The van der Waals surface area contributed by atoms with E-state index in [0.29, 0.717) is 23.0 Å². The second-order valence-corrected chi connectivity index (χ2v) is 7.11. The van der Waals surface area contributed by atoms with Gasteiger partial charge >= 0.3 is 5.97 Å². The summed E-state index contributed by atoms with van der Waals surface area (Å²) in [7, 11) is 1.30. The summed E-state index contributed by atoms with van der Waals surface area (Å²) in [5.74, 6) is 0.807. The summed E-state index contributed by atoms with van der Waals surface area (Å²) in [4.78, 5) is 24.1. The van der Waals surface area contributed by atoms with Crippen LogP contribution in [0.3, 0.4) is 0 Å². The number of esters is 1. The Balaban J connectivity index is 1.58. The lowest BCUT2D eigenvalue weighted by molar-refractivity contribution is -0.146. The molecule has 1 aliphatic rings. The lowest BCUT2D eigenvalue weighted by atomic mass is 9.99. The SMILES string of the molecule is CC[C@H](C)[C@H](NC(=O)CSc1nnc(-c2ccc3c(c2)OCO3)o1)C(=O)OC. The van der Waals surface area contributed by atoms with E-state index >= 15 is 0 Å². The van der Waals surface area contributed by atoms with Gasteiger partial charge in [0.2, 0.25) is 18.6 Å². The van der Waals surface area contributed by atoms with Crippen LogP contribution in [-0.2, 0) is 14.3 Å². The molecule has 0 saturated heterocycles. The average Bonchev–Trinajstić information content (AvgIpc) is 3.37. The molecule has 3 rings (SSSR count). The monoisotopic (exact) mass is 407 g/mol. The van der Waals surface area contributed by atoms with Crippen molar-refractivity contribution in [3.8, 4) is 23.0 Å². The van der Waals surface area contributed by atoms with Crippen LogP contribution in [0.15, 0.2) is 27.8 Å². The number of amides is 1. The Morgan fingerprint density at radius 1 is 1.29 bits per heavy atom. The molecule has 0 fully saturated rings. The highest BCUT2D eigenvalue weighted by Gasteiger charge is 2.27. The molecule has 0 aliphatic carbocycles. The van der Waals surface area contributed by atoms with E-state index in [2.05, 4.69) is 15.5 Å². The van der Waals surface area contributed by atoms with Crippen molar-refractivity contribution in [1.29, 1.82) is 0 Å². The third kappa shape index (κ3) is 4.56. The van der Waals surface area contributed by atoms with Gasteiger partial charge in [-0.2, -0.15) is 0 Å². The molecule has 1 amide bonds. The van der Waals surface area contributed by atoms with Crippen molar-refractivity contribution in [2.24, 2.45) is 5.92 Å². The van der Waals surface area contributed by atoms with Crippen LogP contribution in [0.25, 0.3) is 11.5 Å². The number of ether oxygens (including phenoxy) is 3. The molecule has 2 aromatic rings. The number of nitrogens with zero attached hydrogens (tertiary/aromatic N) is 2. The van der Waals surface area contributed by atoms with Gasteiger partial charge in [0.05, 0.1) is 12.9 Å². The molecule has 1 aliphatic heterocycles. The maximum atomic E-state index is 12.2. The third-order valence-corrected chi connectivity index (χ3v) is 5.16. The Hall–Kier alpha value is -2.75.